The topological polar surface area (TPSA) is 20.2 Å². The highest BCUT2D eigenvalue weighted by molar-refractivity contribution is 5.16. The van der Waals surface area contributed by atoms with Gasteiger partial charge < -0.3 is 5.11 Å². The summed E-state index contributed by atoms with van der Waals surface area (Å²) < 4.78 is 0. The summed E-state index contributed by atoms with van der Waals surface area (Å²) in [5.74, 6) is 0.975. The SMILES string of the molecule is C/C=C/C(C)=C\C(C)C(O)CCC(C)CC. The third-order valence-corrected chi connectivity index (χ3v) is 3.21. The Morgan fingerprint density at radius 2 is 1.88 bits per heavy atom. The fourth-order valence-electron chi connectivity index (χ4n) is 1.77. The van der Waals surface area contributed by atoms with Crippen LogP contribution in [0.4, 0.5) is 0 Å². The number of aliphatic hydroxyl groups excluding tert-OH is 1. The Morgan fingerprint density at radius 1 is 1.25 bits per heavy atom. The molecule has 0 aromatic carbocycles. The van der Waals surface area contributed by atoms with E-state index in [0.29, 0.717) is 0 Å². The Balaban J connectivity index is 4.08. The summed E-state index contributed by atoms with van der Waals surface area (Å²) in [7, 11) is 0. The van der Waals surface area contributed by atoms with Crippen LogP contribution in [0.3, 0.4) is 0 Å². The second-order valence-electron chi connectivity index (χ2n) is 4.93. The molecule has 0 aliphatic carbocycles. The lowest BCUT2D eigenvalue weighted by atomic mass is 9.93. The molecule has 0 radical (unpaired) electrons. The molecule has 0 aliphatic rings. The first-order valence-electron chi connectivity index (χ1n) is 6.50. The monoisotopic (exact) mass is 224 g/mol. The molecule has 0 saturated heterocycles. The minimum Gasteiger partial charge on any atom is -0.393 e. The molecule has 94 valence electrons. The van der Waals surface area contributed by atoms with Gasteiger partial charge in [-0.2, -0.15) is 0 Å². The van der Waals surface area contributed by atoms with Crippen LogP contribution in [0, 0.1) is 11.8 Å². The largest absolute Gasteiger partial charge is 0.393 e. The summed E-state index contributed by atoms with van der Waals surface area (Å²) in [6, 6.07) is 0. The quantitative estimate of drug-likeness (QED) is 0.638. The zero-order valence-electron chi connectivity index (χ0n) is 11.5. The fourth-order valence-corrected chi connectivity index (χ4v) is 1.77. The van der Waals surface area contributed by atoms with Crippen molar-refractivity contribution in [1.29, 1.82) is 0 Å². The molecule has 3 unspecified atom stereocenters. The van der Waals surface area contributed by atoms with Gasteiger partial charge in [0.1, 0.15) is 0 Å². The second-order valence-corrected chi connectivity index (χ2v) is 4.93. The van der Waals surface area contributed by atoms with Gasteiger partial charge in [-0.15, -0.1) is 0 Å². The normalized spacial score (nSPS) is 18.8. The van der Waals surface area contributed by atoms with Crippen LogP contribution in [-0.2, 0) is 0 Å². The molecule has 0 spiro atoms. The van der Waals surface area contributed by atoms with Gasteiger partial charge in [0.2, 0.25) is 0 Å². The Hall–Kier alpha value is -0.560. The van der Waals surface area contributed by atoms with Crippen LogP contribution in [0.1, 0.15) is 53.9 Å². The third kappa shape index (κ3) is 6.84. The molecule has 0 amide bonds. The lowest BCUT2D eigenvalue weighted by molar-refractivity contribution is 0.120. The molecule has 16 heavy (non-hydrogen) atoms. The number of aliphatic hydroxyl groups is 1. The van der Waals surface area contributed by atoms with Crippen molar-refractivity contribution >= 4 is 0 Å². The van der Waals surface area contributed by atoms with E-state index >= 15 is 0 Å². The Labute approximate surface area is 101 Å². The van der Waals surface area contributed by atoms with Crippen molar-refractivity contribution in [2.75, 3.05) is 0 Å². The molecule has 1 nitrogen and oxygen atoms in total. The maximum absolute atomic E-state index is 10.0. The first-order valence-corrected chi connectivity index (χ1v) is 6.50. The van der Waals surface area contributed by atoms with E-state index in [1.54, 1.807) is 0 Å². The van der Waals surface area contributed by atoms with Crippen molar-refractivity contribution in [2.24, 2.45) is 11.8 Å². The summed E-state index contributed by atoms with van der Waals surface area (Å²) >= 11 is 0. The number of allylic oxidation sites excluding steroid dienone is 3. The van der Waals surface area contributed by atoms with Gasteiger partial charge in [-0.3, -0.25) is 0 Å². The molecular formula is C15H28O. The maximum atomic E-state index is 10.0. The predicted molar refractivity (Wildman–Crippen MR) is 72.4 cm³/mol. The van der Waals surface area contributed by atoms with Crippen molar-refractivity contribution in [3.8, 4) is 0 Å². The second kappa shape index (κ2) is 8.58. The molecule has 1 N–H and O–H groups in total. The fraction of sp³-hybridized carbons (Fsp3) is 0.733. The number of rotatable bonds is 7. The van der Waals surface area contributed by atoms with E-state index < -0.39 is 0 Å². The van der Waals surface area contributed by atoms with Crippen molar-refractivity contribution < 1.29 is 5.11 Å². The average molecular weight is 224 g/mol. The van der Waals surface area contributed by atoms with Gasteiger partial charge in [-0.25, -0.2) is 0 Å². The first kappa shape index (κ1) is 15.4. The van der Waals surface area contributed by atoms with E-state index in [-0.39, 0.29) is 12.0 Å². The van der Waals surface area contributed by atoms with Crippen molar-refractivity contribution in [1.82, 2.24) is 0 Å². The van der Waals surface area contributed by atoms with E-state index in [4.69, 9.17) is 0 Å². The van der Waals surface area contributed by atoms with Crippen molar-refractivity contribution in [3.05, 3.63) is 23.8 Å². The Bertz CT molecular complexity index is 228. The standard InChI is InChI=1S/C15H28O/c1-6-8-13(4)11-14(5)15(16)10-9-12(3)7-2/h6,8,11-12,14-16H,7,9-10H2,1-5H3/b8-6+,13-11-. The van der Waals surface area contributed by atoms with Crippen molar-refractivity contribution in [3.63, 3.8) is 0 Å². The van der Waals surface area contributed by atoms with Gasteiger partial charge in [0.05, 0.1) is 6.10 Å². The number of hydrogen-bond donors (Lipinski definition) is 1. The summed E-state index contributed by atoms with van der Waals surface area (Å²) in [4.78, 5) is 0. The molecule has 0 fully saturated rings. The average Bonchev–Trinajstić information content (AvgIpc) is 2.25. The van der Waals surface area contributed by atoms with E-state index in [1.807, 2.05) is 13.0 Å². The van der Waals surface area contributed by atoms with Gasteiger partial charge in [-0.1, -0.05) is 51.0 Å². The van der Waals surface area contributed by atoms with Gasteiger partial charge in [0, 0.05) is 5.92 Å². The zero-order valence-corrected chi connectivity index (χ0v) is 11.5. The zero-order chi connectivity index (χ0) is 12.6. The van der Waals surface area contributed by atoms with Gasteiger partial charge in [0.15, 0.2) is 0 Å². The van der Waals surface area contributed by atoms with Gasteiger partial charge >= 0.3 is 0 Å². The summed E-state index contributed by atoms with van der Waals surface area (Å²) in [6.45, 7) is 10.6. The van der Waals surface area contributed by atoms with Crippen LogP contribution in [0.15, 0.2) is 23.8 Å². The van der Waals surface area contributed by atoms with Gasteiger partial charge in [-0.05, 0) is 32.6 Å². The molecular weight excluding hydrogens is 196 g/mol. The summed E-state index contributed by atoms with van der Waals surface area (Å²) in [6.07, 6.45) is 9.31. The molecule has 0 rings (SSSR count). The Morgan fingerprint density at radius 3 is 2.38 bits per heavy atom. The highest BCUT2D eigenvalue weighted by Crippen LogP contribution is 2.17. The third-order valence-electron chi connectivity index (χ3n) is 3.21. The number of hydrogen-bond acceptors (Lipinski definition) is 1. The van der Waals surface area contributed by atoms with E-state index in [2.05, 4.69) is 39.8 Å². The van der Waals surface area contributed by atoms with Crippen LogP contribution in [0.25, 0.3) is 0 Å². The summed E-state index contributed by atoms with van der Waals surface area (Å²) in [5, 5.41) is 10.0. The Kier molecular flexibility index (Phi) is 8.28. The molecule has 3 atom stereocenters. The molecule has 0 aromatic rings. The first-order chi connectivity index (χ1) is 7.51. The van der Waals surface area contributed by atoms with E-state index in [0.717, 1.165) is 18.8 Å². The molecule has 0 saturated carbocycles. The highest BCUT2D eigenvalue weighted by Gasteiger charge is 2.12. The molecule has 1 heteroatoms. The molecule has 0 aromatic heterocycles. The molecule has 0 aliphatic heterocycles. The molecule has 0 heterocycles. The van der Waals surface area contributed by atoms with Crippen molar-refractivity contribution in [2.45, 2.75) is 60.0 Å². The van der Waals surface area contributed by atoms with Gasteiger partial charge in [0.25, 0.3) is 0 Å². The smallest absolute Gasteiger partial charge is 0.0600 e. The summed E-state index contributed by atoms with van der Waals surface area (Å²) in [5.41, 5.74) is 1.23. The molecule has 0 bridgehead atoms. The van der Waals surface area contributed by atoms with Crippen LogP contribution < -0.4 is 0 Å². The van der Waals surface area contributed by atoms with Crippen LogP contribution in [0.2, 0.25) is 0 Å². The lowest BCUT2D eigenvalue weighted by Crippen LogP contribution is -2.17. The lowest BCUT2D eigenvalue weighted by Gasteiger charge is -2.18. The maximum Gasteiger partial charge on any atom is 0.0600 e. The van der Waals surface area contributed by atoms with E-state index in [9.17, 15) is 5.11 Å². The van der Waals surface area contributed by atoms with Crippen LogP contribution in [-0.4, -0.2) is 11.2 Å². The van der Waals surface area contributed by atoms with E-state index in [1.165, 1.54) is 12.0 Å². The van der Waals surface area contributed by atoms with Crippen LogP contribution >= 0.6 is 0 Å². The van der Waals surface area contributed by atoms with Crippen LogP contribution in [0.5, 0.6) is 0 Å². The predicted octanol–water partition coefficient (Wildman–Crippen LogP) is 4.33. The minimum atomic E-state index is -0.200. The highest BCUT2D eigenvalue weighted by atomic mass is 16.3. The minimum absolute atomic E-state index is 0.200.